The molecule has 2 aromatic rings. The topological polar surface area (TPSA) is 60.2 Å². The Kier molecular flexibility index (Phi) is 4.62. The third kappa shape index (κ3) is 3.07. The fourth-order valence-corrected chi connectivity index (χ4v) is 4.59. The number of hydrogen-bond acceptors (Lipinski definition) is 2. The van der Waals surface area contributed by atoms with Crippen molar-refractivity contribution in [3.63, 3.8) is 0 Å². The van der Waals surface area contributed by atoms with Crippen molar-refractivity contribution in [2.75, 3.05) is 0 Å². The van der Waals surface area contributed by atoms with Gasteiger partial charge in [0.2, 0.25) is 11.7 Å². The maximum atomic E-state index is 15.2. The number of amides is 1. The number of nitrogens with two attached hydrogens (primary N) is 1. The Morgan fingerprint density at radius 1 is 1.10 bits per heavy atom. The molecule has 0 aliphatic heterocycles. The minimum Gasteiger partial charge on any atom is -0.366 e. The molecule has 2 aromatic carbocycles. The van der Waals surface area contributed by atoms with Crippen molar-refractivity contribution in [3.05, 3.63) is 63.5 Å². The van der Waals surface area contributed by atoms with Crippen molar-refractivity contribution in [3.8, 4) is 23.0 Å². The molecule has 1 amide bonds. The second-order valence-electron chi connectivity index (χ2n) is 7.91. The van der Waals surface area contributed by atoms with Crippen LogP contribution < -0.4 is 5.73 Å². The number of carbonyl (C=O) groups is 2. The standard InChI is InChI=1S/C25H22FNO2/c1-4-5-22(28)18-9-15-6-7-16(10-17(15)11-18)24-21(26)12-20(25(27)29)19-8-13(2)14(3)23(19)24/h6-7,10,12,18H,8-9,11H2,1-3H3,(H2,27,29). The van der Waals surface area contributed by atoms with Crippen LogP contribution in [0.3, 0.4) is 0 Å². The Morgan fingerprint density at radius 3 is 2.52 bits per heavy atom. The average Bonchev–Trinajstić information content (AvgIpc) is 3.23. The number of Topliss-reactive ketones (excluding diaryl/α,β-unsaturated/α-hetero) is 1. The van der Waals surface area contributed by atoms with E-state index < -0.39 is 11.7 Å². The van der Waals surface area contributed by atoms with Crippen molar-refractivity contribution in [1.29, 1.82) is 0 Å². The Hall–Kier alpha value is -3.19. The van der Waals surface area contributed by atoms with E-state index in [1.54, 1.807) is 6.92 Å². The van der Waals surface area contributed by atoms with E-state index in [2.05, 4.69) is 11.8 Å². The van der Waals surface area contributed by atoms with Gasteiger partial charge >= 0.3 is 0 Å². The van der Waals surface area contributed by atoms with Gasteiger partial charge < -0.3 is 5.73 Å². The predicted octanol–water partition coefficient (Wildman–Crippen LogP) is 4.25. The highest BCUT2D eigenvalue weighted by Gasteiger charge is 2.30. The summed E-state index contributed by atoms with van der Waals surface area (Å²) < 4.78 is 15.2. The number of ketones is 1. The van der Waals surface area contributed by atoms with Crippen LogP contribution in [0.25, 0.3) is 16.7 Å². The molecule has 2 aliphatic carbocycles. The first-order valence-corrected chi connectivity index (χ1v) is 9.72. The molecular weight excluding hydrogens is 365 g/mol. The molecule has 4 rings (SSSR count). The second kappa shape index (κ2) is 7.00. The monoisotopic (exact) mass is 387 g/mol. The average molecular weight is 387 g/mol. The highest BCUT2D eigenvalue weighted by molar-refractivity contribution is 6.00. The molecule has 0 radical (unpaired) electrons. The van der Waals surface area contributed by atoms with E-state index in [1.807, 2.05) is 32.0 Å². The molecule has 1 unspecified atom stereocenters. The fourth-order valence-electron chi connectivity index (χ4n) is 4.59. The van der Waals surface area contributed by atoms with Gasteiger partial charge in [0.1, 0.15) is 5.82 Å². The number of halogens is 1. The third-order valence-electron chi connectivity index (χ3n) is 6.16. The minimum atomic E-state index is -0.610. The lowest BCUT2D eigenvalue weighted by molar-refractivity contribution is -0.117. The van der Waals surface area contributed by atoms with Gasteiger partial charge in [-0.05, 0) is 85.4 Å². The molecule has 0 spiro atoms. The zero-order valence-electron chi connectivity index (χ0n) is 16.8. The minimum absolute atomic E-state index is 0.0439. The van der Waals surface area contributed by atoms with Gasteiger partial charge in [0.15, 0.2) is 0 Å². The molecule has 3 nitrogen and oxygen atoms in total. The van der Waals surface area contributed by atoms with Crippen LogP contribution >= 0.6 is 0 Å². The lowest BCUT2D eigenvalue weighted by Gasteiger charge is -2.16. The molecule has 0 fully saturated rings. The second-order valence-corrected chi connectivity index (χ2v) is 7.91. The summed E-state index contributed by atoms with van der Waals surface area (Å²) in [6.07, 6.45) is 1.89. The smallest absolute Gasteiger partial charge is 0.249 e. The molecule has 4 heteroatoms. The first-order valence-electron chi connectivity index (χ1n) is 9.72. The zero-order chi connectivity index (χ0) is 20.9. The number of carbonyl (C=O) groups excluding carboxylic acids is 2. The zero-order valence-corrected chi connectivity index (χ0v) is 16.8. The van der Waals surface area contributed by atoms with Crippen LogP contribution in [0.5, 0.6) is 0 Å². The summed E-state index contributed by atoms with van der Waals surface area (Å²) in [6, 6.07) is 7.12. The molecule has 146 valence electrons. The van der Waals surface area contributed by atoms with Crippen LogP contribution in [-0.2, 0) is 24.1 Å². The van der Waals surface area contributed by atoms with Crippen LogP contribution in [0.1, 0.15) is 53.4 Å². The molecule has 2 N–H and O–H groups in total. The summed E-state index contributed by atoms with van der Waals surface area (Å²) >= 11 is 0. The van der Waals surface area contributed by atoms with E-state index in [0.717, 1.165) is 39.0 Å². The summed E-state index contributed by atoms with van der Waals surface area (Å²) in [5.41, 5.74) is 12.9. The largest absolute Gasteiger partial charge is 0.366 e. The Morgan fingerprint density at radius 2 is 1.83 bits per heavy atom. The number of hydrogen-bond donors (Lipinski definition) is 1. The van der Waals surface area contributed by atoms with E-state index in [0.29, 0.717) is 24.8 Å². The van der Waals surface area contributed by atoms with E-state index in [9.17, 15) is 9.59 Å². The van der Waals surface area contributed by atoms with Crippen LogP contribution in [0.2, 0.25) is 0 Å². The summed E-state index contributed by atoms with van der Waals surface area (Å²) in [5.74, 6) is 4.08. The fraction of sp³-hybridized carbons (Fsp3) is 0.280. The highest BCUT2D eigenvalue weighted by Crippen LogP contribution is 2.43. The van der Waals surface area contributed by atoms with E-state index >= 15 is 4.39 Å². The third-order valence-corrected chi connectivity index (χ3v) is 6.16. The van der Waals surface area contributed by atoms with Gasteiger partial charge in [0.25, 0.3) is 0 Å². The van der Waals surface area contributed by atoms with Gasteiger partial charge in [-0.15, -0.1) is 0 Å². The normalized spacial score (nSPS) is 16.9. The first-order chi connectivity index (χ1) is 13.8. The van der Waals surface area contributed by atoms with E-state index in [1.165, 1.54) is 6.07 Å². The van der Waals surface area contributed by atoms with Crippen molar-refractivity contribution in [2.24, 2.45) is 11.7 Å². The van der Waals surface area contributed by atoms with Gasteiger partial charge in [0, 0.05) is 17.0 Å². The van der Waals surface area contributed by atoms with Crippen LogP contribution in [0.4, 0.5) is 4.39 Å². The Bertz CT molecular complexity index is 1180. The van der Waals surface area contributed by atoms with Crippen molar-refractivity contribution in [1.82, 2.24) is 0 Å². The van der Waals surface area contributed by atoms with Gasteiger partial charge in [0.05, 0.1) is 0 Å². The highest BCUT2D eigenvalue weighted by atomic mass is 19.1. The number of primary amides is 1. The molecule has 29 heavy (non-hydrogen) atoms. The summed E-state index contributed by atoms with van der Waals surface area (Å²) in [4.78, 5) is 24.0. The molecule has 0 aromatic heterocycles. The molecule has 2 aliphatic rings. The lowest BCUT2D eigenvalue weighted by atomic mass is 9.89. The molecule has 0 saturated heterocycles. The molecular formula is C25H22FNO2. The molecule has 0 bridgehead atoms. The number of fused-ring (bicyclic) bond motifs is 2. The molecule has 0 saturated carbocycles. The maximum absolute atomic E-state index is 15.2. The maximum Gasteiger partial charge on any atom is 0.249 e. The number of benzene rings is 2. The SMILES string of the molecule is CC#CC(=O)C1Cc2ccc(-c3c(F)cc(C(N)=O)c4c3C(C)=C(C)C4)cc2C1. The number of rotatable bonds is 3. The van der Waals surface area contributed by atoms with Crippen LogP contribution in [-0.4, -0.2) is 11.7 Å². The van der Waals surface area contributed by atoms with Gasteiger partial charge in [-0.25, -0.2) is 4.39 Å². The van der Waals surface area contributed by atoms with Gasteiger partial charge in [-0.2, -0.15) is 0 Å². The van der Waals surface area contributed by atoms with Crippen molar-refractivity contribution >= 4 is 17.3 Å². The summed E-state index contributed by atoms with van der Waals surface area (Å²) in [5, 5.41) is 0. The molecule has 0 heterocycles. The quantitative estimate of drug-likeness (QED) is 0.632. The van der Waals surface area contributed by atoms with Crippen LogP contribution in [0.15, 0.2) is 29.8 Å². The predicted molar refractivity (Wildman–Crippen MR) is 112 cm³/mol. The summed E-state index contributed by atoms with van der Waals surface area (Å²) in [7, 11) is 0. The Labute approximate surface area is 169 Å². The van der Waals surface area contributed by atoms with Gasteiger partial charge in [-0.1, -0.05) is 29.7 Å². The van der Waals surface area contributed by atoms with E-state index in [4.69, 9.17) is 5.73 Å². The van der Waals surface area contributed by atoms with Gasteiger partial charge in [-0.3, -0.25) is 9.59 Å². The summed E-state index contributed by atoms with van der Waals surface area (Å²) in [6.45, 7) is 5.62. The van der Waals surface area contributed by atoms with Crippen LogP contribution in [0, 0.1) is 23.6 Å². The molecule has 1 atom stereocenters. The first kappa shape index (κ1) is 19.1. The van der Waals surface area contributed by atoms with Crippen molar-refractivity contribution in [2.45, 2.75) is 40.0 Å². The van der Waals surface area contributed by atoms with Crippen molar-refractivity contribution < 1.29 is 14.0 Å². The Balaban J connectivity index is 1.83. The lowest BCUT2D eigenvalue weighted by Crippen LogP contribution is -2.15. The number of allylic oxidation sites excluding steroid dienone is 2. The van der Waals surface area contributed by atoms with E-state index in [-0.39, 0.29) is 17.3 Å².